The van der Waals surface area contributed by atoms with Crippen LogP contribution >= 0.6 is 0 Å². The van der Waals surface area contributed by atoms with Crippen LogP contribution in [-0.2, 0) is 14.4 Å². The minimum atomic E-state index is -0.777. The van der Waals surface area contributed by atoms with Gasteiger partial charge in [-0.15, -0.1) is 0 Å². The molecule has 5 aliphatic rings. The molecule has 0 aromatic heterocycles. The summed E-state index contributed by atoms with van der Waals surface area (Å²) < 4.78 is 0. The van der Waals surface area contributed by atoms with Crippen LogP contribution in [0.1, 0.15) is 106 Å². The highest BCUT2D eigenvalue weighted by atomic mass is 16.4. The average molecular weight is 469 g/mol. The average Bonchev–Trinajstić information content (AvgIpc) is 2.77. The van der Waals surface area contributed by atoms with Gasteiger partial charge in [-0.05, 0) is 98.7 Å². The SMILES string of the molecule is CC1(C(=O)O)C=C2C3CCC4C5(C=O)CCC(=O)C(C)(C)C5CCC4(C)C3(C)CCC2(C)CC1. The third kappa shape index (κ3) is 2.75. The molecular formula is C30H44O4. The highest BCUT2D eigenvalue weighted by molar-refractivity contribution is 5.87. The topological polar surface area (TPSA) is 71.4 Å². The number of aldehydes is 1. The number of fused-ring (bicyclic) bond motifs is 7. The lowest BCUT2D eigenvalue weighted by Gasteiger charge is -2.71. The molecule has 0 amide bonds. The number of carboxylic acid groups (broad SMARTS) is 1. The van der Waals surface area contributed by atoms with Gasteiger partial charge in [0, 0.05) is 17.3 Å². The monoisotopic (exact) mass is 468 g/mol. The maximum Gasteiger partial charge on any atom is 0.313 e. The second-order valence-corrected chi connectivity index (χ2v) is 14.4. The lowest BCUT2D eigenvalue weighted by atomic mass is 9.32. The Morgan fingerprint density at radius 2 is 1.56 bits per heavy atom. The molecule has 1 N–H and O–H groups in total. The molecule has 8 atom stereocenters. The van der Waals surface area contributed by atoms with E-state index in [9.17, 15) is 19.5 Å². The van der Waals surface area contributed by atoms with E-state index in [-0.39, 0.29) is 22.2 Å². The minimum absolute atomic E-state index is 0.0169. The summed E-state index contributed by atoms with van der Waals surface area (Å²) in [5.74, 6) is 0.431. The third-order valence-corrected chi connectivity index (χ3v) is 12.9. The van der Waals surface area contributed by atoms with Crippen LogP contribution in [0.2, 0.25) is 0 Å². The summed E-state index contributed by atoms with van der Waals surface area (Å²) in [4.78, 5) is 38.1. The van der Waals surface area contributed by atoms with E-state index in [0.717, 1.165) is 44.9 Å². The number of carbonyl (C=O) groups is 3. The van der Waals surface area contributed by atoms with Crippen molar-refractivity contribution in [3.63, 3.8) is 0 Å². The summed E-state index contributed by atoms with van der Waals surface area (Å²) >= 11 is 0. The van der Waals surface area contributed by atoms with Crippen molar-refractivity contribution in [3.05, 3.63) is 11.6 Å². The molecule has 8 unspecified atom stereocenters. The summed E-state index contributed by atoms with van der Waals surface area (Å²) in [7, 11) is 0. The molecule has 0 heterocycles. The number of hydrogen-bond acceptors (Lipinski definition) is 3. The van der Waals surface area contributed by atoms with Crippen molar-refractivity contribution in [1.82, 2.24) is 0 Å². The first-order chi connectivity index (χ1) is 15.7. The van der Waals surface area contributed by atoms with Crippen LogP contribution in [0.25, 0.3) is 0 Å². The number of ketones is 1. The fourth-order valence-corrected chi connectivity index (χ4v) is 10.2. The van der Waals surface area contributed by atoms with E-state index in [0.29, 0.717) is 36.9 Å². The molecule has 0 aromatic carbocycles. The van der Waals surface area contributed by atoms with Gasteiger partial charge in [-0.1, -0.05) is 46.3 Å². The van der Waals surface area contributed by atoms with Crippen molar-refractivity contribution in [1.29, 1.82) is 0 Å². The molecule has 5 rings (SSSR count). The number of carboxylic acids is 1. The zero-order chi connectivity index (χ0) is 24.9. The number of rotatable bonds is 2. The number of allylic oxidation sites excluding steroid dienone is 1. The molecule has 4 fully saturated rings. The number of Topliss-reactive ketones (excluding diaryl/α,β-unsaturated/α-hetero) is 1. The van der Waals surface area contributed by atoms with Crippen LogP contribution in [0, 0.1) is 50.2 Å². The number of hydrogen-bond donors (Lipinski definition) is 1. The van der Waals surface area contributed by atoms with Gasteiger partial charge in [0.2, 0.25) is 0 Å². The number of aliphatic carboxylic acids is 1. The Morgan fingerprint density at radius 1 is 0.882 bits per heavy atom. The van der Waals surface area contributed by atoms with Crippen LogP contribution in [0.3, 0.4) is 0 Å². The van der Waals surface area contributed by atoms with E-state index in [1.807, 2.05) is 6.92 Å². The molecule has 0 aromatic rings. The Labute approximate surface area is 205 Å². The molecule has 0 bridgehead atoms. The van der Waals surface area contributed by atoms with Crippen molar-refractivity contribution in [2.75, 3.05) is 0 Å². The Bertz CT molecular complexity index is 978. The van der Waals surface area contributed by atoms with E-state index in [1.54, 1.807) is 0 Å². The fourth-order valence-electron chi connectivity index (χ4n) is 10.2. The summed E-state index contributed by atoms with van der Waals surface area (Å²) in [6.45, 7) is 13.4. The van der Waals surface area contributed by atoms with Crippen molar-refractivity contribution in [2.45, 2.75) is 106 Å². The van der Waals surface area contributed by atoms with Gasteiger partial charge in [0.05, 0.1) is 5.41 Å². The molecule has 34 heavy (non-hydrogen) atoms. The Hall–Kier alpha value is -1.45. The quantitative estimate of drug-likeness (QED) is 0.365. The fraction of sp³-hybridized carbons (Fsp3) is 0.833. The molecule has 4 saturated carbocycles. The standard InChI is InChI=1S/C30H44O4/c1-25(2)21-9-11-29(6)22(30(21,18-31)12-10-23(25)32)8-7-19-20-17-27(4,24(33)34)14-13-26(20,3)15-16-28(19,29)5/h17-19,21-22H,7-16H2,1-6H3,(H,33,34). The van der Waals surface area contributed by atoms with Gasteiger partial charge in [-0.2, -0.15) is 0 Å². The Balaban J connectivity index is 1.60. The second kappa shape index (κ2) is 7.07. The van der Waals surface area contributed by atoms with Gasteiger partial charge >= 0.3 is 5.97 Å². The van der Waals surface area contributed by atoms with Crippen LogP contribution in [0.15, 0.2) is 11.6 Å². The minimum Gasteiger partial charge on any atom is -0.481 e. The molecule has 5 aliphatic carbocycles. The lowest BCUT2D eigenvalue weighted by Crippen LogP contribution is -2.66. The van der Waals surface area contributed by atoms with E-state index < -0.39 is 22.2 Å². The lowest BCUT2D eigenvalue weighted by molar-refractivity contribution is -0.209. The molecule has 0 aliphatic heterocycles. The highest BCUT2D eigenvalue weighted by Gasteiger charge is 2.70. The third-order valence-electron chi connectivity index (χ3n) is 12.9. The van der Waals surface area contributed by atoms with E-state index in [4.69, 9.17) is 0 Å². The molecule has 4 nitrogen and oxygen atoms in total. The highest BCUT2D eigenvalue weighted by Crippen LogP contribution is 2.75. The first-order valence-electron chi connectivity index (χ1n) is 13.7. The molecular weight excluding hydrogens is 424 g/mol. The zero-order valence-electron chi connectivity index (χ0n) is 22.1. The van der Waals surface area contributed by atoms with E-state index in [2.05, 4.69) is 40.7 Å². The van der Waals surface area contributed by atoms with Crippen LogP contribution in [0.5, 0.6) is 0 Å². The van der Waals surface area contributed by atoms with Crippen LogP contribution < -0.4 is 0 Å². The number of carbonyl (C=O) groups excluding carboxylic acids is 2. The van der Waals surface area contributed by atoms with Crippen molar-refractivity contribution < 1.29 is 19.5 Å². The van der Waals surface area contributed by atoms with Gasteiger partial charge < -0.3 is 9.90 Å². The van der Waals surface area contributed by atoms with Gasteiger partial charge in [-0.3, -0.25) is 9.59 Å². The predicted octanol–water partition coefficient (Wildman–Crippen LogP) is 6.62. The smallest absolute Gasteiger partial charge is 0.313 e. The summed E-state index contributed by atoms with van der Waals surface area (Å²) in [6, 6.07) is 0. The Morgan fingerprint density at radius 3 is 2.21 bits per heavy atom. The normalized spacial score (nSPS) is 51.8. The van der Waals surface area contributed by atoms with Crippen molar-refractivity contribution >= 4 is 18.0 Å². The van der Waals surface area contributed by atoms with Gasteiger partial charge in [0.25, 0.3) is 0 Å². The maximum atomic E-state index is 13.0. The molecule has 0 spiro atoms. The predicted molar refractivity (Wildman–Crippen MR) is 132 cm³/mol. The zero-order valence-corrected chi connectivity index (χ0v) is 22.1. The van der Waals surface area contributed by atoms with Crippen LogP contribution in [-0.4, -0.2) is 23.1 Å². The summed E-state index contributed by atoms with van der Waals surface area (Å²) in [5.41, 5.74) is -0.0537. The van der Waals surface area contributed by atoms with Crippen LogP contribution in [0.4, 0.5) is 0 Å². The van der Waals surface area contributed by atoms with Gasteiger partial charge in [0.1, 0.15) is 12.1 Å². The first-order valence-corrected chi connectivity index (χ1v) is 13.7. The van der Waals surface area contributed by atoms with Gasteiger partial charge in [0.15, 0.2) is 0 Å². The Kier molecular flexibility index (Phi) is 5.04. The van der Waals surface area contributed by atoms with Gasteiger partial charge in [-0.25, -0.2) is 0 Å². The summed E-state index contributed by atoms with van der Waals surface area (Å²) in [6.07, 6.45) is 12.6. The molecule has 4 heteroatoms. The van der Waals surface area contributed by atoms with E-state index in [1.165, 1.54) is 11.9 Å². The largest absolute Gasteiger partial charge is 0.481 e. The molecule has 188 valence electrons. The van der Waals surface area contributed by atoms with Crippen molar-refractivity contribution in [3.8, 4) is 0 Å². The van der Waals surface area contributed by atoms with E-state index >= 15 is 0 Å². The van der Waals surface area contributed by atoms with Crippen molar-refractivity contribution in [2.24, 2.45) is 50.2 Å². The molecule has 0 radical (unpaired) electrons. The first kappa shape index (κ1) is 24.3. The summed E-state index contributed by atoms with van der Waals surface area (Å²) in [5, 5.41) is 10.0. The molecule has 0 saturated heterocycles. The second-order valence-electron chi connectivity index (χ2n) is 14.4. The maximum absolute atomic E-state index is 13.0.